The average Bonchev–Trinajstić information content (AvgIpc) is 3.42. The van der Waals surface area contributed by atoms with E-state index < -0.39 is 5.82 Å². The minimum Gasteiger partial charge on any atom is -0.469 e. The molecule has 1 amide bonds. The van der Waals surface area contributed by atoms with Gasteiger partial charge in [-0.25, -0.2) is 4.39 Å². The Morgan fingerprint density at radius 2 is 2.28 bits per heavy atom. The molecule has 1 fully saturated rings. The zero-order chi connectivity index (χ0) is 20.2. The maximum Gasteiger partial charge on any atom is 0.234 e. The van der Waals surface area contributed by atoms with Crippen LogP contribution in [0.15, 0.2) is 46.2 Å². The van der Waals surface area contributed by atoms with Gasteiger partial charge in [0, 0.05) is 12.3 Å². The van der Waals surface area contributed by atoms with Crippen molar-refractivity contribution in [3.8, 4) is 11.4 Å². The summed E-state index contributed by atoms with van der Waals surface area (Å²) in [6, 6.07) is 7.66. The molecule has 29 heavy (non-hydrogen) atoms. The zero-order valence-corrected chi connectivity index (χ0v) is 16.7. The summed E-state index contributed by atoms with van der Waals surface area (Å²) in [7, 11) is 0. The Hall–Kier alpha value is -2.65. The molecule has 0 bridgehead atoms. The lowest BCUT2D eigenvalue weighted by molar-refractivity contribution is -0.113. The summed E-state index contributed by atoms with van der Waals surface area (Å²) in [6.07, 6.45) is 3.73. The molecule has 152 valence electrons. The fourth-order valence-corrected chi connectivity index (χ4v) is 4.01. The smallest absolute Gasteiger partial charge is 0.234 e. The van der Waals surface area contributed by atoms with Gasteiger partial charge in [0.25, 0.3) is 0 Å². The number of thioether (sulfide) groups is 1. The first kappa shape index (κ1) is 19.7. The van der Waals surface area contributed by atoms with Crippen molar-refractivity contribution in [3.63, 3.8) is 0 Å². The van der Waals surface area contributed by atoms with Crippen molar-refractivity contribution in [1.82, 2.24) is 14.8 Å². The van der Waals surface area contributed by atoms with Crippen LogP contribution in [0.4, 0.5) is 10.1 Å². The minimum absolute atomic E-state index is 0.0948. The minimum atomic E-state index is -0.396. The van der Waals surface area contributed by atoms with E-state index in [2.05, 4.69) is 15.5 Å². The molecule has 9 heteroatoms. The molecule has 0 radical (unpaired) electrons. The quantitative estimate of drug-likeness (QED) is 0.589. The van der Waals surface area contributed by atoms with Crippen LogP contribution in [0.3, 0.4) is 0 Å². The highest BCUT2D eigenvalue weighted by Gasteiger charge is 2.23. The van der Waals surface area contributed by atoms with Gasteiger partial charge in [-0.05, 0) is 44.0 Å². The van der Waals surface area contributed by atoms with Gasteiger partial charge in [0.1, 0.15) is 11.6 Å². The van der Waals surface area contributed by atoms with Gasteiger partial charge in [0.05, 0.1) is 30.2 Å². The molecule has 0 saturated carbocycles. The lowest BCUT2D eigenvalue weighted by Gasteiger charge is -2.14. The van der Waals surface area contributed by atoms with Crippen LogP contribution in [0.2, 0.25) is 0 Å². The van der Waals surface area contributed by atoms with Gasteiger partial charge >= 0.3 is 0 Å². The molecule has 1 atom stereocenters. The Morgan fingerprint density at radius 1 is 1.38 bits per heavy atom. The second-order valence-electron chi connectivity index (χ2n) is 6.79. The first-order valence-corrected chi connectivity index (χ1v) is 10.4. The molecule has 1 saturated heterocycles. The highest BCUT2D eigenvalue weighted by atomic mass is 32.2. The number of ether oxygens (including phenoxy) is 1. The van der Waals surface area contributed by atoms with Gasteiger partial charge < -0.3 is 14.5 Å². The van der Waals surface area contributed by atoms with Crippen molar-refractivity contribution >= 4 is 23.4 Å². The zero-order valence-electron chi connectivity index (χ0n) is 15.9. The van der Waals surface area contributed by atoms with Crippen LogP contribution in [-0.4, -0.2) is 39.1 Å². The van der Waals surface area contributed by atoms with Crippen LogP contribution in [0.25, 0.3) is 11.4 Å². The van der Waals surface area contributed by atoms with E-state index >= 15 is 0 Å². The summed E-state index contributed by atoms with van der Waals surface area (Å²) < 4.78 is 26.5. The van der Waals surface area contributed by atoms with Crippen LogP contribution in [-0.2, 0) is 16.1 Å². The summed E-state index contributed by atoms with van der Waals surface area (Å²) in [4.78, 5) is 12.3. The normalized spacial score (nSPS) is 16.3. The number of anilines is 1. The predicted octanol–water partition coefficient (Wildman–Crippen LogP) is 3.90. The summed E-state index contributed by atoms with van der Waals surface area (Å²) >= 11 is 1.28. The van der Waals surface area contributed by atoms with E-state index in [-0.39, 0.29) is 17.8 Å². The summed E-state index contributed by atoms with van der Waals surface area (Å²) in [5, 5.41) is 11.9. The fourth-order valence-electron chi connectivity index (χ4n) is 3.26. The number of rotatable bonds is 7. The molecule has 3 aromatic rings. The molecule has 0 spiro atoms. The first-order chi connectivity index (χ1) is 14.1. The van der Waals surface area contributed by atoms with Gasteiger partial charge in [-0.3, -0.25) is 9.36 Å². The maximum atomic E-state index is 13.3. The number of nitrogens with zero attached hydrogens (tertiary/aromatic N) is 3. The first-order valence-electron chi connectivity index (χ1n) is 9.37. The molecule has 7 nitrogen and oxygen atoms in total. The van der Waals surface area contributed by atoms with Crippen LogP contribution >= 0.6 is 11.8 Å². The Kier molecular flexibility index (Phi) is 5.96. The number of nitrogens with one attached hydrogen (secondary N) is 1. The summed E-state index contributed by atoms with van der Waals surface area (Å²) in [6.45, 7) is 3.24. The van der Waals surface area contributed by atoms with Crippen LogP contribution in [0, 0.1) is 12.7 Å². The lowest BCUT2D eigenvalue weighted by Crippen LogP contribution is -2.18. The molecule has 0 aliphatic carbocycles. The lowest BCUT2D eigenvalue weighted by atomic mass is 10.2. The number of furan rings is 1. The van der Waals surface area contributed by atoms with E-state index in [0.29, 0.717) is 23.2 Å². The van der Waals surface area contributed by atoms with Gasteiger partial charge in [0.15, 0.2) is 11.0 Å². The van der Waals surface area contributed by atoms with Gasteiger partial charge in [-0.2, -0.15) is 0 Å². The van der Waals surface area contributed by atoms with Crippen LogP contribution in [0.5, 0.6) is 0 Å². The number of carbonyl (C=O) groups is 1. The molecule has 2 aromatic heterocycles. The standard InChI is InChI=1S/C20H21FN4O3S/c1-13-17(7-9-27-13)19-23-24-20(25(19)11-16-6-3-8-28-16)29-12-18(26)22-15-5-2-4-14(21)10-15/h2,4-5,7,9-10,16H,3,6,8,11-12H2,1H3,(H,22,26)/t16-/m1/s1. The number of benzene rings is 1. The predicted molar refractivity (Wildman–Crippen MR) is 107 cm³/mol. The SMILES string of the molecule is Cc1occc1-c1nnc(SCC(=O)Nc2cccc(F)c2)n1C[C@H]1CCCO1. The van der Waals surface area contributed by atoms with E-state index in [0.717, 1.165) is 30.8 Å². The van der Waals surface area contributed by atoms with Crippen molar-refractivity contribution in [1.29, 1.82) is 0 Å². The fraction of sp³-hybridized carbons (Fsp3) is 0.350. The molecule has 1 N–H and O–H groups in total. The van der Waals surface area contributed by atoms with E-state index in [4.69, 9.17) is 9.15 Å². The van der Waals surface area contributed by atoms with Crippen molar-refractivity contribution in [3.05, 3.63) is 48.2 Å². The molecule has 1 aromatic carbocycles. The summed E-state index contributed by atoms with van der Waals surface area (Å²) in [5.41, 5.74) is 1.29. The van der Waals surface area contributed by atoms with E-state index in [1.165, 1.54) is 23.9 Å². The molecule has 4 rings (SSSR count). The van der Waals surface area contributed by atoms with E-state index in [9.17, 15) is 9.18 Å². The van der Waals surface area contributed by atoms with E-state index in [1.807, 2.05) is 17.6 Å². The van der Waals surface area contributed by atoms with Gasteiger partial charge in [-0.1, -0.05) is 17.8 Å². The van der Waals surface area contributed by atoms with Crippen molar-refractivity contribution in [2.45, 2.75) is 37.6 Å². The number of carbonyl (C=O) groups excluding carboxylic acids is 1. The average molecular weight is 416 g/mol. The molecular weight excluding hydrogens is 395 g/mol. The van der Waals surface area contributed by atoms with Crippen molar-refractivity contribution in [2.75, 3.05) is 17.7 Å². The highest BCUT2D eigenvalue weighted by molar-refractivity contribution is 7.99. The van der Waals surface area contributed by atoms with Crippen molar-refractivity contribution in [2.24, 2.45) is 0 Å². The Labute approximate surface area is 171 Å². The number of hydrogen-bond acceptors (Lipinski definition) is 6. The number of aryl methyl sites for hydroxylation is 1. The van der Waals surface area contributed by atoms with Gasteiger partial charge in [0.2, 0.25) is 5.91 Å². The highest BCUT2D eigenvalue weighted by Crippen LogP contribution is 2.29. The second-order valence-corrected chi connectivity index (χ2v) is 7.73. The second kappa shape index (κ2) is 8.79. The van der Waals surface area contributed by atoms with Crippen LogP contribution < -0.4 is 5.32 Å². The molecular formula is C20H21FN4O3S. The van der Waals surface area contributed by atoms with Crippen LogP contribution in [0.1, 0.15) is 18.6 Å². The monoisotopic (exact) mass is 416 g/mol. The Bertz CT molecular complexity index is 997. The number of amides is 1. The largest absolute Gasteiger partial charge is 0.469 e. The maximum absolute atomic E-state index is 13.3. The third-order valence-electron chi connectivity index (χ3n) is 4.67. The topological polar surface area (TPSA) is 82.2 Å². The van der Waals surface area contributed by atoms with Gasteiger partial charge in [-0.15, -0.1) is 10.2 Å². The summed E-state index contributed by atoms with van der Waals surface area (Å²) in [5.74, 6) is 0.941. The Balaban J connectivity index is 1.49. The number of hydrogen-bond donors (Lipinski definition) is 1. The molecule has 1 aliphatic heterocycles. The molecule has 0 unspecified atom stereocenters. The number of aromatic nitrogens is 3. The molecule has 3 heterocycles. The third-order valence-corrected chi connectivity index (χ3v) is 5.63. The van der Waals surface area contributed by atoms with E-state index in [1.54, 1.807) is 18.4 Å². The van der Waals surface area contributed by atoms with Crippen molar-refractivity contribution < 1.29 is 18.3 Å². The molecule has 1 aliphatic rings. The Morgan fingerprint density at radius 3 is 3.00 bits per heavy atom. The third kappa shape index (κ3) is 4.68. The number of halogens is 1.